The number of rotatable bonds is 2. The van der Waals surface area contributed by atoms with Crippen LogP contribution in [0.15, 0.2) is 22.7 Å². The van der Waals surface area contributed by atoms with E-state index in [1.807, 2.05) is 0 Å². The van der Waals surface area contributed by atoms with Crippen molar-refractivity contribution in [3.63, 3.8) is 0 Å². The average Bonchev–Trinajstić information content (AvgIpc) is 2.39. The largest absolute Gasteiger partial charge is 0.380 e. The van der Waals surface area contributed by atoms with Crippen LogP contribution in [0.2, 0.25) is 0 Å². The molecule has 2 aliphatic rings. The molecule has 3 rings (SSSR count). The maximum atomic E-state index is 13.4. The Morgan fingerprint density at radius 1 is 1.42 bits per heavy atom. The van der Waals surface area contributed by atoms with Crippen molar-refractivity contribution in [1.29, 1.82) is 0 Å². The van der Waals surface area contributed by atoms with E-state index in [1.165, 1.54) is 12.5 Å². The molecule has 3 unspecified atom stereocenters. The fourth-order valence-electron chi connectivity index (χ4n) is 3.59. The molecule has 0 bridgehead atoms. The summed E-state index contributed by atoms with van der Waals surface area (Å²) < 4.78 is 20.2. The first-order valence-corrected chi connectivity index (χ1v) is 7.62. The standard InChI is InChI=1S/C15H19BrFNO/c1-15(2)13(10-4-3-7-19-14(10)15)18-12-8-9(17)5-6-11(12)16/h5-6,8,10,13-14,18H,3-4,7H2,1-2H3. The predicted octanol–water partition coefficient (Wildman–Crippen LogP) is 4.20. The molecule has 2 fully saturated rings. The highest BCUT2D eigenvalue weighted by Crippen LogP contribution is 2.52. The first-order valence-electron chi connectivity index (χ1n) is 6.83. The highest BCUT2D eigenvalue weighted by molar-refractivity contribution is 9.10. The molecule has 1 heterocycles. The second-order valence-corrected chi connectivity index (χ2v) is 7.02. The molecule has 1 saturated carbocycles. The lowest BCUT2D eigenvalue weighted by molar-refractivity contribution is -0.177. The molecule has 1 aliphatic carbocycles. The summed E-state index contributed by atoms with van der Waals surface area (Å²) in [4.78, 5) is 0. The van der Waals surface area contributed by atoms with Gasteiger partial charge < -0.3 is 10.1 Å². The third-order valence-corrected chi connectivity index (χ3v) is 5.26. The fourth-order valence-corrected chi connectivity index (χ4v) is 3.95. The second kappa shape index (κ2) is 4.74. The smallest absolute Gasteiger partial charge is 0.125 e. The Hall–Kier alpha value is -0.610. The number of halogens is 2. The third kappa shape index (κ3) is 2.19. The van der Waals surface area contributed by atoms with Gasteiger partial charge in [-0.05, 0) is 47.0 Å². The molecule has 1 N–H and O–H groups in total. The summed E-state index contributed by atoms with van der Waals surface area (Å²) in [7, 11) is 0. The second-order valence-electron chi connectivity index (χ2n) is 6.17. The van der Waals surface area contributed by atoms with Crippen molar-refractivity contribution in [2.24, 2.45) is 11.3 Å². The van der Waals surface area contributed by atoms with Gasteiger partial charge in [-0.15, -0.1) is 0 Å². The highest BCUT2D eigenvalue weighted by Gasteiger charge is 2.57. The minimum absolute atomic E-state index is 0.0941. The summed E-state index contributed by atoms with van der Waals surface area (Å²) in [6.45, 7) is 5.33. The molecule has 1 aliphatic heterocycles. The van der Waals surface area contributed by atoms with E-state index >= 15 is 0 Å². The van der Waals surface area contributed by atoms with Gasteiger partial charge in [0.2, 0.25) is 0 Å². The molecule has 0 spiro atoms. The summed E-state index contributed by atoms with van der Waals surface area (Å²) >= 11 is 3.48. The number of hydrogen-bond donors (Lipinski definition) is 1. The van der Waals surface area contributed by atoms with Crippen molar-refractivity contribution >= 4 is 21.6 Å². The topological polar surface area (TPSA) is 21.3 Å². The molecule has 0 amide bonds. The monoisotopic (exact) mass is 327 g/mol. The lowest BCUT2D eigenvalue weighted by Gasteiger charge is -2.60. The zero-order valence-electron chi connectivity index (χ0n) is 11.2. The molecule has 1 aromatic carbocycles. The zero-order valence-corrected chi connectivity index (χ0v) is 12.8. The molecular weight excluding hydrogens is 309 g/mol. The Bertz CT molecular complexity index is 491. The Morgan fingerprint density at radius 3 is 3.00 bits per heavy atom. The van der Waals surface area contributed by atoms with Crippen molar-refractivity contribution in [2.45, 2.75) is 38.8 Å². The molecule has 3 atom stereocenters. The van der Waals surface area contributed by atoms with Crippen LogP contribution in [0.25, 0.3) is 0 Å². The maximum absolute atomic E-state index is 13.4. The number of benzene rings is 1. The molecular formula is C15H19BrFNO. The minimum atomic E-state index is -0.209. The van der Waals surface area contributed by atoms with Crippen LogP contribution in [0.5, 0.6) is 0 Å². The average molecular weight is 328 g/mol. The number of nitrogens with one attached hydrogen (secondary N) is 1. The van der Waals surface area contributed by atoms with Crippen LogP contribution in [0, 0.1) is 17.2 Å². The molecule has 0 radical (unpaired) electrons. The van der Waals surface area contributed by atoms with E-state index in [0.717, 1.165) is 23.2 Å². The van der Waals surface area contributed by atoms with Gasteiger partial charge in [-0.25, -0.2) is 4.39 Å². The number of fused-ring (bicyclic) bond motifs is 1. The summed E-state index contributed by atoms with van der Waals surface area (Å²) in [6.07, 6.45) is 2.66. The number of hydrogen-bond acceptors (Lipinski definition) is 2. The van der Waals surface area contributed by atoms with E-state index in [0.29, 0.717) is 18.1 Å². The van der Waals surface area contributed by atoms with E-state index in [1.54, 1.807) is 12.1 Å². The third-order valence-electron chi connectivity index (χ3n) is 4.57. The van der Waals surface area contributed by atoms with Crippen LogP contribution >= 0.6 is 15.9 Å². The van der Waals surface area contributed by atoms with Crippen LogP contribution in [-0.2, 0) is 4.74 Å². The Kier molecular flexibility index (Phi) is 3.34. The quantitative estimate of drug-likeness (QED) is 0.878. The number of ether oxygens (including phenoxy) is 1. The lowest BCUT2D eigenvalue weighted by atomic mass is 9.55. The molecule has 1 saturated heterocycles. The van der Waals surface area contributed by atoms with Crippen molar-refractivity contribution in [3.8, 4) is 0 Å². The van der Waals surface area contributed by atoms with Crippen LogP contribution < -0.4 is 5.32 Å². The van der Waals surface area contributed by atoms with E-state index in [2.05, 4.69) is 35.1 Å². The van der Waals surface area contributed by atoms with Crippen molar-refractivity contribution < 1.29 is 9.13 Å². The molecule has 19 heavy (non-hydrogen) atoms. The number of anilines is 1. The Morgan fingerprint density at radius 2 is 2.21 bits per heavy atom. The first-order chi connectivity index (χ1) is 9.00. The van der Waals surface area contributed by atoms with Gasteiger partial charge in [0, 0.05) is 28.5 Å². The van der Waals surface area contributed by atoms with Crippen LogP contribution in [0.3, 0.4) is 0 Å². The Labute approximate surface area is 121 Å². The van der Waals surface area contributed by atoms with Crippen molar-refractivity contribution in [3.05, 3.63) is 28.5 Å². The van der Waals surface area contributed by atoms with Gasteiger partial charge in [0.25, 0.3) is 0 Å². The van der Waals surface area contributed by atoms with Gasteiger partial charge in [-0.3, -0.25) is 0 Å². The van der Waals surface area contributed by atoms with Gasteiger partial charge in [-0.2, -0.15) is 0 Å². The van der Waals surface area contributed by atoms with E-state index in [9.17, 15) is 4.39 Å². The molecule has 104 valence electrons. The van der Waals surface area contributed by atoms with Crippen molar-refractivity contribution in [2.75, 3.05) is 11.9 Å². The van der Waals surface area contributed by atoms with Gasteiger partial charge in [0.1, 0.15) is 5.82 Å². The van der Waals surface area contributed by atoms with Gasteiger partial charge in [0.15, 0.2) is 0 Å². The lowest BCUT2D eigenvalue weighted by Crippen LogP contribution is -2.67. The Balaban J connectivity index is 1.81. The van der Waals surface area contributed by atoms with Gasteiger partial charge in [0.05, 0.1) is 11.8 Å². The minimum Gasteiger partial charge on any atom is -0.380 e. The van der Waals surface area contributed by atoms with Crippen molar-refractivity contribution in [1.82, 2.24) is 0 Å². The first kappa shape index (κ1) is 13.4. The van der Waals surface area contributed by atoms with Gasteiger partial charge >= 0.3 is 0 Å². The highest BCUT2D eigenvalue weighted by atomic mass is 79.9. The maximum Gasteiger partial charge on any atom is 0.125 e. The SMILES string of the molecule is CC1(C)C(Nc2cc(F)ccc2Br)C2CCCOC21. The normalized spacial score (nSPS) is 32.3. The summed E-state index contributed by atoms with van der Waals surface area (Å²) in [5.41, 5.74) is 0.929. The van der Waals surface area contributed by atoms with E-state index in [4.69, 9.17) is 4.74 Å². The predicted molar refractivity (Wildman–Crippen MR) is 77.8 cm³/mol. The molecule has 2 nitrogen and oxygen atoms in total. The molecule has 4 heteroatoms. The van der Waals surface area contributed by atoms with E-state index in [-0.39, 0.29) is 11.2 Å². The van der Waals surface area contributed by atoms with Gasteiger partial charge in [-0.1, -0.05) is 13.8 Å². The summed E-state index contributed by atoms with van der Waals surface area (Å²) in [6, 6.07) is 5.11. The fraction of sp³-hybridized carbons (Fsp3) is 0.600. The van der Waals surface area contributed by atoms with E-state index < -0.39 is 0 Å². The van der Waals surface area contributed by atoms with Crippen LogP contribution in [0.4, 0.5) is 10.1 Å². The van der Waals surface area contributed by atoms with Crippen LogP contribution in [-0.4, -0.2) is 18.8 Å². The molecule has 1 aromatic rings. The zero-order chi connectivity index (χ0) is 13.6. The summed E-state index contributed by atoms with van der Waals surface area (Å²) in [5.74, 6) is 0.332. The van der Waals surface area contributed by atoms with Crippen LogP contribution in [0.1, 0.15) is 26.7 Å². The summed E-state index contributed by atoms with van der Waals surface area (Å²) in [5, 5.41) is 3.51. The molecule has 0 aromatic heterocycles.